The van der Waals surface area contributed by atoms with Gasteiger partial charge in [0.2, 0.25) is 0 Å². The van der Waals surface area contributed by atoms with Crippen molar-refractivity contribution in [3.8, 4) is 0 Å². The second-order valence-electron chi connectivity index (χ2n) is 1.95. The second-order valence-corrected chi connectivity index (χ2v) is 1.95. The molecule has 0 bridgehead atoms. The summed E-state index contributed by atoms with van der Waals surface area (Å²) in [7, 11) is 0. The molecule has 7 N–H and O–H groups in total. The summed E-state index contributed by atoms with van der Waals surface area (Å²) < 4.78 is 0. The molecule has 0 aromatic rings. The number of hydrogen-bond donors (Lipinski definition) is 1. The van der Waals surface area contributed by atoms with Gasteiger partial charge in [-0.05, 0) is 13.0 Å². The Morgan fingerprint density at radius 3 is 1.73 bits per heavy atom. The van der Waals surface area contributed by atoms with Gasteiger partial charge in [-0.15, -0.1) is 0 Å². The van der Waals surface area contributed by atoms with E-state index in [9.17, 15) is 0 Å². The first-order valence-corrected chi connectivity index (χ1v) is 3.26. The van der Waals surface area contributed by atoms with Gasteiger partial charge in [0.15, 0.2) is 0 Å². The summed E-state index contributed by atoms with van der Waals surface area (Å²) in [6.07, 6.45) is 4.55. The summed E-state index contributed by atoms with van der Waals surface area (Å²) >= 11 is 0. The van der Waals surface area contributed by atoms with Crippen LogP contribution in [0.4, 0.5) is 0 Å². The number of nitrogens with one attached hydrogen (secondary N) is 1. The van der Waals surface area contributed by atoms with E-state index in [0.717, 1.165) is 19.4 Å². The van der Waals surface area contributed by atoms with Crippen molar-refractivity contribution < 1.29 is 19.5 Å². The van der Waals surface area contributed by atoms with Crippen LogP contribution in [0.2, 0.25) is 0 Å². The third kappa shape index (κ3) is 25.1. The fourth-order valence-corrected chi connectivity index (χ4v) is 0.623. The van der Waals surface area contributed by atoms with E-state index in [1.807, 2.05) is 0 Å². The van der Waals surface area contributed by atoms with Crippen LogP contribution in [0.25, 0.3) is 18.0 Å². The Bertz CT molecular complexity index is 39.6. The van der Waals surface area contributed by atoms with E-state index in [1.54, 1.807) is 0 Å². The predicted molar refractivity (Wildman–Crippen MR) is 47.3 cm³/mol. The van der Waals surface area contributed by atoms with Crippen LogP contribution in [0.5, 0.6) is 0 Å². The molecule has 0 saturated heterocycles. The SMILES string of the molecule is [NH-]CCCCCCN.[NH2-].[NH2-].[Ru+3]. The normalized spacial score (nSPS) is 7.09. The van der Waals surface area contributed by atoms with Gasteiger partial charge in [-0.25, -0.2) is 0 Å². The molecule has 0 unspecified atom stereocenters. The van der Waals surface area contributed by atoms with Crippen LogP contribution >= 0.6 is 0 Å². The summed E-state index contributed by atoms with van der Waals surface area (Å²) in [5.74, 6) is 0. The van der Waals surface area contributed by atoms with Crippen molar-refractivity contribution in [2.24, 2.45) is 5.73 Å². The maximum atomic E-state index is 6.81. The van der Waals surface area contributed by atoms with Crippen LogP contribution in [0.3, 0.4) is 0 Å². The van der Waals surface area contributed by atoms with Gasteiger partial charge in [-0.2, -0.15) is 6.54 Å². The molecule has 0 rings (SSSR count). The molecule has 0 aliphatic rings. The Morgan fingerprint density at radius 1 is 0.909 bits per heavy atom. The standard InChI is InChI=1S/C6H15N2.2H2N.Ru/c7-5-3-1-2-4-6-8;;;/h7H,1-6,8H2;2*1H2;/q3*-1;+3. The first-order valence-electron chi connectivity index (χ1n) is 3.26. The molecule has 0 spiro atoms. The smallest absolute Gasteiger partial charge is 0.693 e. The van der Waals surface area contributed by atoms with E-state index in [4.69, 9.17) is 11.5 Å². The minimum atomic E-state index is 0. The maximum absolute atomic E-state index is 6.81. The molecule has 0 aromatic heterocycles. The molecule has 0 saturated carbocycles. The van der Waals surface area contributed by atoms with E-state index in [-0.39, 0.29) is 31.8 Å². The Hall–Kier alpha value is 0.463. The average Bonchev–Trinajstić information content (AvgIpc) is 1.81. The summed E-state index contributed by atoms with van der Waals surface area (Å²) in [5, 5.41) is 0. The Morgan fingerprint density at radius 2 is 1.36 bits per heavy atom. The first-order chi connectivity index (χ1) is 3.91. The van der Waals surface area contributed by atoms with Crippen molar-refractivity contribution in [1.82, 2.24) is 0 Å². The van der Waals surface area contributed by atoms with Crippen molar-refractivity contribution in [3.63, 3.8) is 0 Å². The monoisotopic (exact) mass is 249 g/mol. The molecule has 0 aliphatic heterocycles. The summed E-state index contributed by atoms with van der Waals surface area (Å²) in [6.45, 7) is 1.38. The van der Waals surface area contributed by atoms with Gasteiger partial charge in [0, 0.05) is 0 Å². The van der Waals surface area contributed by atoms with E-state index < -0.39 is 0 Å². The predicted octanol–water partition coefficient (Wildman–Crippen LogP) is 2.99. The minimum Gasteiger partial charge on any atom is -0.693 e. The Balaban J connectivity index is -0.0000000817. The fourth-order valence-electron chi connectivity index (χ4n) is 0.623. The van der Waals surface area contributed by atoms with Crippen LogP contribution in [0, 0.1) is 0 Å². The largest absolute Gasteiger partial charge is 3.00 e. The molecule has 5 heteroatoms. The van der Waals surface area contributed by atoms with Gasteiger partial charge in [0.25, 0.3) is 0 Å². The summed E-state index contributed by atoms with van der Waals surface area (Å²) in [6, 6.07) is 0. The zero-order chi connectivity index (χ0) is 6.24. The fraction of sp³-hybridized carbons (Fsp3) is 1.00. The van der Waals surface area contributed by atoms with Gasteiger partial charge >= 0.3 is 19.5 Å². The van der Waals surface area contributed by atoms with Crippen LogP contribution < -0.4 is 5.73 Å². The zero-order valence-corrected chi connectivity index (χ0v) is 8.57. The van der Waals surface area contributed by atoms with Gasteiger partial charge in [-0.1, -0.05) is 19.3 Å². The van der Waals surface area contributed by atoms with E-state index >= 15 is 0 Å². The molecular weight excluding hydrogens is 229 g/mol. The summed E-state index contributed by atoms with van der Waals surface area (Å²) in [5.41, 5.74) is 12.1. The van der Waals surface area contributed by atoms with Crippen LogP contribution in [-0.4, -0.2) is 13.1 Å². The minimum absolute atomic E-state index is 0. The Labute approximate surface area is 82.4 Å². The number of rotatable bonds is 5. The molecule has 0 heterocycles. The van der Waals surface area contributed by atoms with Crippen molar-refractivity contribution >= 4 is 0 Å². The Kier molecular flexibility index (Phi) is 45.9. The number of unbranched alkanes of at least 4 members (excludes halogenated alkanes) is 3. The molecule has 4 nitrogen and oxygen atoms in total. The number of hydrogen-bond acceptors (Lipinski definition) is 1. The molecule has 0 fully saturated rings. The molecular formula is C6H19N4Ru. The first kappa shape index (κ1) is 22.5. The van der Waals surface area contributed by atoms with Crippen molar-refractivity contribution in [1.29, 1.82) is 0 Å². The zero-order valence-electron chi connectivity index (χ0n) is 6.83. The average molecular weight is 248 g/mol. The summed E-state index contributed by atoms with van der Waals surface area (Å²) in [4.78, 5) is 0. The number of nitrogens with two attached hydrogens (primary N) is 3. The molecule has 0 aromatic carbocycles. The van der Waals surface area contributed by atoms with E-state index in [1.165, 1.54) is 12.8 Å². The topological polar surface area (TPSA) is 117 Å². The third-order valence-electron chi connectivity index (χ3n) is 1.13. The van der Waals surface area contributed by atoms with Gasteiger partial charge < -0.3 is 23.8 Å². The van der Waals surface area contributed by atoms with Crippen molar-refractivity contribution in [2.45, 2.75) is 25.7 Å². The van der Waals surface area contributed by atoms with Crippen molar-refractivity contribution in [2.75, 3.05) is 13.1 Å². The van der Waals surface area contributed by atoms with E-state index in [2.05, 4.69) is 0 Å². The van der Waals surface area contributed by atoms with Crippen LogP contribution in [-0.2, 0) is 19.5 Å². The van der Waals surface area contributed by atoms with Crippen LogP contribution in [0.15, 0.2) is 0 Å². The molecule has 1 radical (unpaired) electrons. The van der Waals surface area contributed by atoms with Gasteiger partial charge in [0.1, 0.15) is 0 Å². The molecule has 0 amide bonds. The van der Waals surface area contributed by atoms with Gasteiger partial charge in [0.05, 0.1) is 0 Å². The van der Waals surface area contributed by atoms with Crippen LogP contribution in [0.1, 0.15) is 25.7 Å². The third-order valence-corrected chi connectivity index (χ3v) is 1.13. The maximum Gasteiger partial charge on any atom is 3.00 e. The second kappa shape index (κ2) is 22.4. The molecule has 11 heavy (non-hydrogen) atoms. The molecule has 0 aliphatic carbocycles. The molecule has 71 valence electrons. The van der Waals surface area contributed by atoms with Crippen molar-refractivity contribution in [3.05, 3.63) is 18.0 Å². The molecule has 0 atom stereocenters. The van der Waals surface area contributed by atoms with E-state index in [0.29, 0.717) is 6.54 Å². The quantitative estimate of drug-likeness (QED) is 0.584. The van der Waals surface area contributed by atoms with Gasteiger partial charge in [-0.3, -0.25) is 0 Å².